The van der Waals surface area contributed by atoms with Gasteiger partial charge in [-0.2, -0.15) is 0 Å². The monoisotopic (exact) mass is 514 g/mol. The second-order valence-electron chi connectivity index (χ2n) is 13.1. The fourth-order valence-electron chi connectivity index (χ4n) is 8.62. The number of imide groups is 2. The number of hydrogen-bond acceptors (Lipinski definition) is 5. The summed E-state index contributed by atoms with van der Waals surface area (Å²) in [5.74, 6) is 2.37. The van der Waals surface area contributed by atoms with Gasteiger partial charge < -0.3 is 4.74 Å². The van der Waals surface area contributed by atoms with E-state index in [9.17, 15) is 19.2 Å². The van der Waals surface area contributed by atoms with Gasteiger partial charge in [0, 0.05) is 25.9 Å². The molecule has 1 aliphatic heterocycles. The maximum Gasteiger partial charge on any atom is 0.233 e. The van der Waals surface area contributed by atoms with Crippen molar-refractivity contribution in [3.63, 3.8) is 0 Å². The van der Waals surface area contributed by atoms with E-state index in [1.807, 2.05) is 0 Å². The molecule has 7 heteroatoms. The summed E-state index contributed by atoms with van der Waals surface area (Å²) in [6.07, 6.45) is 11.3. The van der Waals surface area contributed by atoms with Gasteiger partial charge in [-0.25, -0.2) is 0 Å². The molecule has 1 heterocycles. The maximum absolute atomic E-state index is 13.5. The molecule has 6 atom stereocenters. The number of carbonyl (C=O) groups is 4. The Morgan fingerprint density at radius 3 is 1.57 bits per heavy atom. The highest BCUT2D eigenvalue weighted by molar-refractivity contribution is 6.05. The number of rotatable bonds is 4. The van der Waals surface area contributed by atoms with Crippen LogP contribution in [0.5, 0.6) is 0 Å². The van der Waals surface area contributed by atoms with Gasteiger partial charge in [0.05, 0.1) is 24.0 Å². The molecule has 0 aromatic carbocycles. The normalized spacial score (nSPS) is 42.2. The molecule has 5 rings (SSSR count). The SMILES string of the molecule is CC(=O)N(C(C)=O)C1CCC(OC2CCC(N3C(=O)C4CC5CC(C)C(C)CC5CC4C3=O)CC2)CC1. The number of likely N-dealkylation sites (tertiary alicyclic amines) is 1. The molecule has 206 valence electrons. The highest BCUT2D eigenvalue weighted by Gasteiger charge is 2.55. The Morgan fingerprint density at radius 2 is 1.14 bits per heavy atom. The van der Waals surface area contributed by atoms with Crippen molar-refractivity contribution in [2.75, 3.05) is 0 Å². The topological polar surface area (TPSA) is 84.0 Å². The van der Waals surface area contributed by atoms with Crippen LogP contribution in [0.3, 0.4) is 0 Å². The summed E-state index contributed by atoms with van der Waals surface area (Å²) in [5, 5.41) is 0. The van der Waals surface area contributed by atoms with Crippen LogP contribution in [0.1, 0.15) is 105 Å². The molecule has 5 fully saturated rings. The lowest BCUT2D eigenvalue weighted by Crippen LogP contribution is -2.46. The molecule has 0 N–H and O–H groups in total. The van der Waals surface area contributed by atoms with Crippen LogP contribution in [-0.2, 0) is 23.9 Å². The third kappa shape index (κ3) is 5.26. The average Bonchev–Trinajstić information content (AvgIpc) is 3.09. The first-order valence-electron chi connectivity index (χ1n) is 15.0. The van der Waals surface area contributed by atoms with E-state index in [4.69, 9.17) is 4.74 Å². The van der Waals surface area contributed by atoms with Crippen LogP contribution < -0.4 is 0 Å². The second-order valence-corrected chi connectivity index (χ2v) is 13.1. The summed E-state index contributed by atoms with van der Waals surface area (Å²) in [6, 6.07) is 0.0114. The van der Waals surface area contributed by atoms with Gasteiger partial charge in [0.15, 0.2) is 0 Å². The number of amides is 4. The van der Waals surface area contributed by atoms with Gasteiger partial charge in [0.2, 0.25) is 23.6 Å². The summed E-state index contributed by atoms with van der Waals surface area (Å²) in [5.41, 5.74) is 0. The number of ether oxygens (including phenoxy) is 1. The molecular weight excluding hydrogens is 468 g/mol. The summed E-state index contributed by atoms with van der Waals surface area (Å²) < 4.78 is 6.45. The summed E-state index contributed by atoms with van der Waals surface area (Å²) >= 11 is 0. The molecule has 4 amide bonds. The zero-order valence-electron chi connectivity index (χ0n) is 23.2. The molecule has 4 aliphatic carbocycles. The van der Waals surface area contributed by atoms with E-state index in [1.54, 1.807) is 4.90 Å². The summed E-state index contributed by atoms with van der Waals surface area (Å²) in [7, 11) is 0. The van der Waals surface area contributed by atoms with Crippen molar-refractivity contribution in [1.82, 2.24) is 9.80 Å². The quantitative estimate of drug-likeness (QED) is 0.507. The Hall–Kier alpha value is -1.76. The Kier molecular flexibility index (Phi) is 7.82. The third-order valence-electron chi connectivity index (χ3n) is 10.8. The average molecular weight is 515 g/mol. The lowest BCUT2D eigenvalue weighted by Gasteiger charge is -2.44. The van der Waals surface area contributed by atoms with E-state index in [-0.39, 0.29) is 59.8 Å². The van der Waals surface area contributed by atoms with Crippen LogP contribution >= 0.6 is 0 Å². The Labute approximate surface area is 222 Å². The van der Waals surface area contributed by atoms with E-state index >= 15 is 0 Å². The van der Waals surface area contributed by atoms with Gasteiger partial charge >= 0.3 is 0 Å². The minimum atomic E-state index is -0.177. The molecule has 0 radical (unpaired) electrons. The lowest BCUT2D eigenvalue weighted by atomic mass is 9.60. The first-order valence-corrected chi connectivity index (χ1v) is 15.0. The number of nitrogens with zero attached hydrogens (tertiary/aromatic N) is 2. The molecule has 0 aromatic heterocycles. The van der Waals surface area contributed by atoms with Crippen LogP contribution in [0, 0.1) is 35.5 Å². The molecule has 0 bridgehead atoms. The first kappa shape index (κ1) is 26.8. The molecule has 1 saturated heterocycles. The van der Waals surface area contributed by atoms with Gasteiger partial charge in [-0.1, -0.05) is 13.8 Å². The van der Waals surface area contributed by atoms with Crippen LogP contribution in [0.15, 0.2) is 0 Å². The minimum absolute atomic E-state index is 0.0171. The molecular formula is C30H46N2O5. The van der Waals surface area contributed by atoms with Gasteiger partial charge in [0.25, 0.3) is 0 Å². The summed E-state index contributed by atoms with van der Waals surface area (Å²) in [6.45, 7) is 7.61. The Bertz CT molecular complexity index is 854. The van der Waals surface area contributed by atoms with Crippen molar-refractivity contribution in [3.8, 4) is 0 Å². The number of fused-ring (bicyclic) bond motifs is 2. The Balaban J connectivity index is 1.11. The molecule has 5 aliphatic rings. The van der Waals surface area contributed by atoms with Gasteiger partial charge in [-0.05, 0) is 101 Å². The van der Waals surface area contributed by atoms with Crippen LogP contribution in [0.4, 0.5) is 0 Å². The highest BCUT2D eigenvalue weighted by Crippen LogP contribution is 2.52. The third-order valence-corrected chi connectivity index (χ3v) is 10.8. The predicted molar refractivity (Wildman–Crippen MR) is 139 cm³/mol. The largest absolute Gasteiger partial charge is 0.375 e. The van der Waals surface area contributed by atoms with Gasteiger partial charge in [0.1, 0.15) is 0 Å². The standard InChI is InChI=1S/C30H46N2O5/c1-17-13-21-15-27-28(16-22(21)14-18(17)2)30(36)32(29(27)35)24-7-11-26(12-8-24)37-25-9-5-23(6-10-25)31(19(3)33)20(4)34/h17-18,21-28H,5-16H2,1-4H3. The smallest absolute Gasteiger partial charge is 0.233 e. The van der Waals surface area contributed by atoms with E-state index in [0.29, 0.717) is 23.7 Å². The van der Waals surface area contributed by atoms with Crippen LogP contribution in [0.25, 0.3) is 0 Å². The molecule has 4 saturated carbocycles. The van der Waals surface area contributed by atoms with Crippen molar-refractivity contribution in [2.24, 2.45) is 35.5 Å². The molecule has 0 aromatic rings. The zero-order chi connectivity index (χ0) is 26.4. The molecule has 37 heavy (non-hydrogen) atoms. The first-order chi connectivity index (χ1) is 17.6. The van der Waals surface area contributed by atoms with E-state index in [0.717, 1.165) is 64.2 Å². The second kappa shape index (κ2) is 10.8. The van der Waals surface area contributed by atoms with Crippen LogP contribution in [0.2, 0.25) is 0 Å². The van der Waals surface area contributed by atoms with Crippen molar-refractivity contribution in [2.45, 2.75) is 129 Å². The molecule has 6 unspecified atom stereocenters. The van der Waals surface area contributed by atoms with Crippen molar-refractivity contribution in [3.05, 3.63) is 0 Å². The minimum Gasteiger partial charge on any atom is -0.375 e. The van der Waals surface area contributed by atoms with Crippen LogP contribution in [-0.4, -0.2) is 57.7 Å². The highest BCUT2D eigenvalue weighted by atomic mass is 16.5. The van der Waals surface area contributed by atoms with E-state index in [2.05, 4.69) is 13.8 Å². The lowest BCUT2D eigenvalue weighted by molar-refractivity contribution is -0.147. The van der Waals surface area contributed by atoms with Gasteiger partial charge in [-0.3, -0.25) is 29.0 Å². The fourth-order valence-corrected chi connectivity index (χ4v) is 8.62. The number of carbonyl (C=O) groups excluding carboxylic acids is 4. The number of hydrogen-bond donors (Lipinski definition) is 0. The zero-order valence-corrected chi connectivity index (χ0v) is 23.2. The van der Waals surface area contributed by atoms with E-state index in [1.165, 1.54) is 31.6 Å². The van der Waals surface area contributed by atoms with Crippen molar-refractivity contribution >= 4 is 23.6 Å². The van der Waals surface area contributed by atoms with Crippen molar-refractivity contribution < 1.29 is 23.9 Å². The molecule has 7 nitrogen and oxygen atoms in total. The maximum atomic E-state index is 13.5. The Morgan fingerprint density at radius 1 is 0.703 bits per heavy atom. The summed E-state index contributed by atoms with van der Waals surface area (Å²) in [4.78, 5) is 53.8. The predicted octanol–water partition coefficient (Wildman–Crippen LogP) is 4.71. The van der Waals surface area contributed by atoms with E-state index < -0.39 is 0 Å². The molecule has 0 spiro atoms. The fraction of sp³-hybridized carbons (Fsp3) is 0.867. The van der Waals surface area contributed by atoms with Crippen molar-refractivity contribution in [1.29, 1.82) is 0 Å². The van der Waals surface area contributed by atoms with Gasteiger partial charge in [-0.15, -0.1) is 0 Å².